The number of hydrogen-bond acceptors (Lipinski definition) is 5. The molecule has 1 aliphatic rings. The molecule has 0 radical (unpaired) electrons. The van der Waals surface area contributed by atoms with E-state index in [0.717, 1.165) is 34.5 Å². The number of amides is 1. The Labute approximate surface area is 205 Å². The lowest BCUT2D eigenvalue weighted by Gasteiger charge is -2.33. The van der Waals surface area contributed by atoms with E-state index in [1.807, 2.05) is 36.4 Å². The van der Waals surface area contributed by atoms with E-state index in [9.17, 15) is 18.0 Å². The molecule has 2 heterocycles. The van der Waals surface area contributed by atoms with Gasteiger partial charge in [0.2, 0.25) is 5.82 Å². The number of alkyl halides is 3. The first-order valence-electron chi connectivity index (χ1n) is 11.4. The fourth-order valence-electron chi connectivity index (χ4n) is 4.88. The fraction of sp³-hybridized carbons (Fsp3) is 0.231. The molecule has 10 heteroatoms. The Kier molecular flexibility index (Phi) is 5.95. The summed E-state index contributed by atoms with van der Waals surface area (Å²) in [6.45, 7) is 2.44. The van der Waals surface area contributed by atoms with E-state index in [1.54, 1.807) is 6.07 Å². The number of nitrogens with zero attached hydrogens (tertiary/aromatic N) is 4. The van der Waals surface area contributed by atoms with Crippen molar-refractivity contribution in [3.05, 3.63) is 94.5 Å². The minimum atomic E-state index is -4.40. The number of halogens is 3. The molecule has 0 fully saturated rings. The van der Waals surface area contributed by atoms with E-state index in [1.165, 1.54) is 12.1 Å². The number of nitrogens with two attached hydrogens (primary N) is 1. The Bertz CT molecular complexity index is 1370. The molecule has 1 aliphatic heterocycles. The number of aromatic nitrogens is 4. The molecule has 0 saturated carbocycles. The van der Waals surface area contributed by atoms with E-state index < -0.39 is 17.6 Å². The number of para-hydroxylation sites is 1. The maximum absolute atomic E-state index is 13.1. The van der Waals surface area contributed by atoms with Gasteiger partial charge in [-0.1, -0.05) is 55.5 Å². The van der Waals surface area contributed by atoms with Crippen molar-refractivity contribution < 1.29 is 18.0 Å². The van der Waals surface area contributed by atoms with Gasteiger partial charge in [0.1, 0.15) is 0 Å². The number of aromatic amines is 1. The third-order valence-corrected chi connectivity index (χ3v) is 6.75. The van der Waals surface area contributed by atoms with Crippen molar-refractivity contribution >= 4 is 11.6 Å². The molecule has 1 unspecified atom stereocenters. The van der Waals surface area contributed by atoms with Gasteiger partial charge in [-0.05, 0) is 46.5 Å². The summed E-state index contributed by atoms with van der Waals surface area (Å²) in [6.07, 6.45) is -3.73. The van der Waals surface area contributed by atoms with Gasteiger partial charge in [0, 0.05) is 24.1 Å². The third-order valence-electron chi connectivity index (χ3n) is 6.75. The average molecular weight is 493 g/mol. The second-order valence-corrected chi connectivity index (χ2v) is 8.92. The lowest BCUT2D eigenvalue weighted by atomic mass is 9.90. The molecule has 36 heavy (non-hydrogen) atoms. The van der Waals surface area contributed by atoms with E-state index in [0.29, 0.717) is 29.9 Å². The largest absolute Gasteiger partial charge is 0.416 e. The summed E-state index contributed by atoms with van der Waals surface area (Å²) in [5.41, 5.74) is 9.73. The molecule has 3 N–H and O–H groups in total. The topological polar surface area (TPSA) is 101 Å². The second-order valence-electron chi connectivity index (χ2n) is 8.92. The number of carbonyl (C=O) groups excluding carboxylic acids is 1. The first kappa shape index (κ1) is 23.5. The molecule has 0 bridgehead atoms. The van der Waals surface area contributed by atoms with Gasteiger partial charge in [-0.3, -0.25) is 4.79 Å². The third kappa shape index (κ3) is 4.41. The molecular formula is C26H23F3N6O. The number of tetrazole rings is 1. The Balaban J connectivity index is 1.48. The zero-order valence-corrected chi connectivity index (χ0v) is 19.3. The zero-order valence-electron chi connectivity index (χ0n) is 19.3. The summed E-state index contributed by atoms with van der Waals surface area (Å²) < 4.78 is 39.2. The molecule has 1 amide bonds. The summed E-state index contributed by atoms with van der Waals surface area (Å²) in [6, 6.07) is 18.4. The van der Waals surface area contributed by atoms with Gasteiger partial charge in [-0.2, -0.15) is 18.4 Å². The van der Waals surface area contributed by atoms with Crippen LogP contribution in [-0.4, -0.2) is 32.6 Å². The molecular weight excluding hydrogens is 469 g/mol. The van der Waals surface area contributed by atoms with Gasteiger partial charge in [0.25, 0.3) is 5.91 Å². The quantitative estimate of drug-likeness (QED) is 0.406. The predicted octanol–water partition coefficient (Wildman–Crippen LogP) is 4.72. The summed E-state index contributed by atoms with van der Waals surface area (Å²) >= 11 is 0. The van der Waals surface area contributed by atoms with E-state index in [4.69, 9.17) is 5.73 Å². The molecule has 0 aliphatic carbocycles. The molecule has 0 spiro atoms. The van der Waals surface area contributed by atoms with Crippen LogP contribution in [0.1, 0.15) is 45.5 Å². The van der Waals surface area contributed by atoms with Gasteiger partial charge < -0.3 is 10.6 Å². The van der Waals surface area contributed by atoms with Crippen LogP contribution in [0.5, 0.6) is 0 Å². The lowest BCUT2D eigenvalue weighted by Crippen LogP contribution is -2.36. The van der Waals surface area contributed by atoms with Crippen molar-refractivity contribution in [3.8, 4) is 11.4 Å². The van der Waals surface area contributed by atoms with Gasteiger partial charge >= 0.3 is 6.18 Å². The van der Waals surface area contributed by atoms with Gasteiger partial charge in [0.05, 0.1) is 16.8 Å². The van der Waals surface area contributed by atoms with Crippen molar-refractivity contribution in [3.63, 3.8) is 0 Å². The number of nitrogens with one attached hydrogen (secondary N) is 1. The summed E-state index contributed by atoms with van der Waals surface area (Å²) in [4.78, 5) is 14.4. The van der Waals surface area contributed by atoms with Crippen LogP contribution < -0.4 is 10.6 Å². The van der Waals surface area contributed by atoms with Gasteiger partial charge in [-0.25, -0.2) is 0 Å². The molecule has 184 valence electrons. The molecule has 2 atom stereocenters. The lowest BCUT2D eigenvalue weighted by molar-refractivity contribution is -0.137. The molecule has 3 aromatic carbocycles. The Morgan fingerprint density at radius 3 is 2.44 bits per heavy atom. The highest BCUT2D eigenvalue weighted by atomic mass is 19.4. The molecule has 0 saturated heterocycles. The maximum Gasteiger partial charge on any atom is 0.416 e. The van der Waals surface area contributed by atoms with Gasteiger partial charge in [0.15, 0.2) is 0 Å². The molecule has 7 nitrogen and oxygen atoms in total. The van der Waals surface area contributed by atoms with Crippen LogP contribution in [0.15, 0.2) is 66.7 Å². The van der Waals surface area contributed by atoms with Crippen LogP contribution in [-0.2, 0) is 19.1 Å². The maximum atomic E-state index is 13.1. The highest BCUT2D eigenvalue weighted by Crippen LogP contribution is 2.42. The number of H-pyrrole nitrogens is 1. The number of rotatable bonds is 6. The monoisotopic (exact) mass is 492 g/mol. The van der Waals surface area contributed by atoms with Crippen LogP contribution in [0.25, 0.3) is 11.4 Å². The first-order chi connectivity index (χ1) is 17.2. The number of primary amides is 1. The second kappa shape index (κ2) is 9.10. The van der Waals surface area contributed by atoms with E-state index in [-0.39, 0.29) is 12.0 Å². The number of benzene rings is 3. The predicted molar refractivity (Wildman–Crippen MR) is 128 cm³/mol. The van der Waals surface area contributed by atoms with Crippen molar-refractivity contribution in [2.24, 2.45) is 5.73 Å². The van der Waals surface area contributed by atoms with Crippen LogP contribution in [0.4, 0.5) is 18.9 Å². The number of carbonyl (C=O) groups is 1. The zero-order chi connectivity index (χ0) is 25.4. The number of anilines is 1. The van der Waals surface area contributed by atoms with Crippen LogP contribution in [0, 0.1) is 0 Å². The van der Waals surface area contributed by atoms with E-state index in [2.05, 4.69) is 32.4 Å². The average Bonchev–Trinajstić information content (AvgIpc) is 3.52. The van der Waals surface area contributed by atoms with Crippen LogP contribution in [0.3, 0.4) is 0 Å². The minimum absolute atomic E-state index is 0.0342. The summed E-state index contributed by atoms with van der Waals surface area (Å²) in [5.74, 6) is -0.00793. The SMILES string of the molecule is C[C@@H](c1ccc(-c2nn[nH]n2)cc1)C1Cc2cccc(C(N)=O)c2N1Cc1ccc(C(F)(F)F)cc1. The Hall–Kier alpha value is -4.21. The Morgan fingerprint density at radius 1 is 1.11 bits per heavy atom. The highest BCUT2D eigenvalue weighted by molar-refractivity contribution is 6.00. The first-order valence-corrected chi connectivity index (χ1v) is 11.4. The summed E-state index contributed by atoms with van der Waals surface area (Å²) in [7, 11) is 0. The van der Waals surface area contributed by atoms with Gasteiger partial charge in [-0.15, -0.1) is 10.2 Å². The molecule has 1 aromatic heterocycles. The Morgan fingerprint density at radius 2 is 1.83 bits per heavy atom. The van der Waals surface area contributed by atoms with Crippen LogP contribution >= 0.6 is 0 Å². The molecule has 4 aromatic rings. The minimum Gasteiger partial charge on any atom is -0.366 e. The van der Waals surface area contributed by atoms with Crippen molar-refractivity contribution in [1.82, 2.24) is 20.6 Å². The summed E-state index contributed by atoms with van der Waals surface area (Å²) in [5, 5.41) is 14.0. The smallest absolute Gasteiger partial charge is 0.366 e. The van der Waals surface area contributed by atoms with Crippen molar-refractivity contribution in [2.75, 3.05) is 4.90 Å². The standard InChI is InChI=1S/C26H23F3N6O/c1-15(17-7-9-18(10-8-17)25-31-33-34-32-25)22-13-19-3-2-4-21(24(30)36)23(19)35(22)14-16-5-11-20(12-6-16)26(27,28)29/h2-12,15,22H,13-14H2,1H3,(H2,30,36)(H,31,32,33,34)/t15-,22?/m0/s1. The normalized spacial score (nSPS) is 16.1. The fourth-order valence-corrected chi connectivity index (χ4v) is 4.88. The number of fused-ring (bicyclic) bond motifs is 1. The van der Waals surface area contributed by atoms with Crippen LogP contribution in [0.2, 0.25) is 0 Å². The van der Waals surface area contributed by atoms with Crippen molar-refractivity contribution in [1.29, 1.82) is 0 Å². The number of hydrogen-bond donors (Lipinski definition) is 2. The van der Waals surface area contributed by atoms with E-state index >= 15 is 0 Å². The highest BCUT2D eigenvalue weighted by Gasteiger charge is 2.36. The molecule has 5 rings (SSSR count). The van der Waals surface area contributed by atoms with Crippen molar-refractivity contribution in [2.45, 2.75) is 38.0 Å².